The predicted octanol–water partition coefficient (Wildman–Crippen LogP) is 0.962. The van der Waals surface area contributed by atoms with Crippen molar-refractivity contribution in [3.8, 4) is 11.8 Å². The average molecular weight is 385 g/mol. The Balaban J connectivity index is 1.74. The number of likely N-dealkylation sites (tertiary alicyclic amines) is 1. The minimum Gasteiger partial charge on any atom is -0.481 e. The van der Waals surface area contributed by atoms with E-state index in [1.165, 1.54) is 14.2 Å². The maximum absolute atomic E-state index is 13.0. The van der Waals surface area contributed by atoms with Crippen molar-refractivity contribution in [3.63, 3.8) is 0 Å². The molecule has 28 heavy (non-hydrogen) atoms. The molecule has 0 unspecified atom stereocenters. The highest BCUT2D eigenvalue weighted by molar-refractivity contribution is 5.97. The fourth-order valence-electron chi connectivity index (χ4n) is 3.25. The van der Waals surface area contributed by atoms with E-state index >= 15 is 0 Å². The standard InChI is InChI=1S/C20H23N3O5/c1-27-17-9-8-15(19(22-17)28-2)20(26)23-10-14(12-24)16(11-23)21-18(25)13-6-4-3-5-7-13/h3-9,14,16,24H,10-12H2,1-2H3,(H,21,25)/t14-,16+/m0/s1. The van der Waals surface area contributed by atoms with E-state index in [2.05, 4.69) is 10.3 Å². The van der Waals surface area contributed by atoms with Crippen LogP contribution in [0.1, 0.15) is 20.7 Å². The summed E-state index contributed by atoms with van der Waals surface area (Å²) in [5.74, 6) is -0.254. The van der Waals surface area contributed by atoms with Crippen LogP contribution >= 0.6 is 0 Å². The van der Waals surface area contributed by atoms with Crippen molar-refractivity contribution in [1.29, 1.82) is 0 Å². The van der Waals surface area contributed by atoms with Gasteiger partial charge in [-0.3, -0.25) is 9.59 Å². The number of nitrogens with one attached hydrogen (secondary N) is 1. The third-order valence-corrected chi connectivity index (χ3v) is 4.78. The highest BCUT2D eigenvalue weighted by Crippen LogP contribution is 2.25. The summed E-state index contributed by atoms with van der Waals surface area (Å²) in [6, 6.07) is 11.7. The monoisotopic (exact) mass is 385 g/mol. The number of hydrogen-bond acceptors (Lipinski definition) is 6. The van der Waals surface area contributed by atoms with E-state index in [4.69, 9.17) is 9.47 Å². The number of ether oxygens (including phenoxy) is 2. The van der Waals surface area contributed by atoms with Gasteiger partial charge in [0.2, 0.25) is 11.8 Å². The molecule has 1 aliphatic rings. The molecule has 0 bridgehead atoms. The minimum absolute atomic E-state index is 0.137. The van der Waals surface area contributed by atoms with Gasteiger partial charge in [0.1, 0.15) is 5.56 Å². The summed E-state index contributed by atoms with van der Waals surface area (Å²) >= 11 is 0. The van der Waals surface area contributed by atoms with Crippen LogP contribution in [0.25, 0.3) is 0 Å². The number of rotatable bonds is 6. The van der Waals surface area contributed by atoms with Crippen molar-refractivity contribution >= 4 is 11.8 Å². The SMILES string of the molecule is COc1ccc(C(=O)N2C[C@@H](CO)[C@H](NC(=O)c3ccccc3)C2)c(OC)n1. The predicted molar refractivity (Wildman–Crippen MR) is 102 cm³/mol. The number of carbonyl (C=O) groups is 2. The molecule has 3 rings (SSSR count). The number of aliphatic hydroxyl groups excluding tert-OH is 1. The number of nitrogens with zero attached hydrogens (tertiary/aromatic N) is 2. The molecule has 2 amide bonds. The summed E-state index contributed by atoms with van der Waals surface area (Å²) in [6.45, 7) is 0.476. The molecule has 0 spiro atoms. The zero-order valence-electron chi connectivity index (χ0n) is 15.8. The Kier molecular flexibility index (Phi) is 6.10. The van der Waals surface area contributed by atoms with E-state index in [0.29, 0.717) is 23.6 Å². The van der Waals surface area contributed by atoms with Gasteiger partial charge in [-0.15, -0.1) is 0 Å². The molecule has 1 aromatic heterocycles. The molecular formula is C20H23N3O5. The first-order valence-electron chi connectivity index (χ1n) is 8.92. The Morgan fingerprint density at radius 3 is 2.54 bits per heavy atom. The largest absolute Gasteiger partial charge is 0.481 e. The van der Waals surface area contributed by atoms with E-state index in [0.717, 1.165) is 0 Å². The van der Waals surface area contributed by atoms with E-state index in [9.17, 15) is 14.7 Å². The molecule has 2 aromatic rings. The van der Waals surface area contributed by atoms with Gasteiger partial charge in [-0.1, -0.05) is 18.2 Å². The fraction of sp³-hybridized carbons (Fsp3) is 0.350. The summed E-state index contributed by atoms with van der Waals surface area (Å²) in [5, 5.41) is 12.6. The zero-order valence-corrected chi connectivity index (χ0v) is 15.8. The van der Waals surface area contributed by atoms with Gasteiger partial charge in [0.15, 0.2) is 0 Å². The van der Waals surface area contributed by atoms with Crippen molar-refractivity contribution in [1.82, 2.24) is 15.2 Å². The summed E-state index contributed by atoms with van der Waals surface area (Å²) in [4.78, 5) is 31.1. The Bertz CT molecular complexity index is 843. The van der Waals surface area contributed by atoms with E-state index < -0.39 is 0 Å². The average Bonchev–Trinajstić information content (AvgIpc) is 3.16. The first-order valence-corrected chi connectivity index (χ1v) is 8.92. The lowest BCUT2D eigenvalue weighted by atomic mass is 10.0. The molecule has 148 valence electrons. The molecule has 2 heterocycles. The van der Waals surface area contributed by atoms with Gasteiger partial charge < -0.3 is 24.8 Å². The number of aliphatic hydroxyl groups is 1. The lowest BCUT2D eigenvalue weighted by Crippen LogP contribution is -2.42. The quantitative estimate of drug-likeness (QED) is 0.768. The van der Waals surface area contributed by atoms with E-state index in [-0.39, 0.29) is 42.8 Å². The van der Waals surface area contributed by atoms with Crippen LogP contribution in [0.5, 0.6) is 11.8 Å². The lowest BCUT2D eigenvalue weighted by Gasteiger charge is -2.18. The van der Waals surface area contributed by atoms with Crippen LogP contribution in [0.4, 0.5) is 0 Å². The van der Waals surface area contributed by atoms with Gasteiger partial charge in [-0.2, -0.15) is 4.98 Å². The first kappa shape index (κ1) is 19.6. The summed E-state index contributed by atoms with van der Waals surface area (Å²) in [6.07, 6.45) is 0. The van der Waals surface area contributed by atoms with Gasteiger partial charge in [0.05, 0.1) is 20.3 Å². The maximum Gasteiger partial charge on any atom is 0.259 e. The Hall–Kier alpha value is -3.13. The molecule has 0 saturated carbocycles. The van der Waals surface area contributed by atoms with Gasteiger partial charge in [-0.25, -0.2) is 0 Å². The van der Waals surface area contributed by atoms with Gasteiger partial charge in [-0.05, 0) is 18.2 Å². The fourth-order valence-corrected chi connectivity index (χ4v) is 3.25. The van der Waals surface area contributed by atoms with Crippen LogP contribution in [0.15, 0.2) is 42.5 Å². The third-order valence-electron chi connectivity index (χ3n) is 4.78. The van der Waals surface area contributed by atoms with Crippen molar-refractivity contribution in [2.45, 2.75) is 6.04 Å². The van der Waals surface area contributed by atoms with Gasteiger partial charge in [0, 0.05) is 37.2 Å². The van der Waals surface area contributed by atoms with Crippen molar-refractivity contribution in [3.05, 3.63) is 53.6 Å². The highest BCUT2D eigenvalue weighted by atomic mass is 16.5. The molecule has 0 radical (unpaired) electrons. The molecule has 2 N–H and O–H groups in total. The summed E-state index contributed by atoms with van der Waals surface area (Å²) < 4.78 is 10.3. The summed E-state index contributed by atoms with van der Waals surface area (Å²) in [5.41, 5.74) is 0.833. The number of methoxy groups -OCH3 is 2. The Labute approximate surface area is 163 Å². The molecule has 1 aliphatic heterocycles. The van der Waals surface area contributed by atoms with Gasteiger partial charge in [0.25, 0.3) is 11.8 Å². The molecule has 8 heteroatoms. The van der Waals surface area contributed by atoms with Crippen LogP contribution in [0, 0.1) is 5.92 Å². The first-order chi connectivity index (χ1) is 13.6. The van der Waals surface area contributed by atoms with Crippen molar-refractivity contribution in [2.24, 2.45) is 5.92 Å². The molecule has 0 aliphatic carbocycles. The number of pyridine rings is 1. The molecule has 1 saturated heterocycles. The third kappa shape index (κ3) is 4.07. The van der Waals surface area contributed by atoms with Crippen LogP contribution in [0.3, 0.4) is 0 Å². The van der Waals surface area contributed by atoms with Crippen molar-refractivity contribution in [2.75, 3.05) is 33.9 Å². The normalized spacial score (nSPS) is 18.6. The molecule has 8 nitrogen and oxygen atoms in total. The topological polar surface area (TPSA) is 101 Å². The number of amides is 2. The second-order valence-corrected chi connectivity index (χ2v) is 6.51. The number of benzene rings is 1. The highest BCUT2D eigenvalue weighted by Gasteiger charge is 2.37. The number of carbonyl (C=O) groups excluding carboxylic acids is 2. The van der Waals surface area contributed by atoms with Crippen LogP contribution in [0.2, 0.25) is 0 Å². The molecule has 2 atom stereocenters. The summed E-state index contributed by atoms with van der Waals surface area (Å²) in [7, 11) is 2.91. The smallest absolute Gasteiger partial charge is 0.259 e. The number of aromatic nitrogens is 1. The van der Waals surface area contributed by atoms with E-state index in [1.807, 2.05) is 6.07 Å². The van der Waals surface area contributed by atoms with Crippen molar-refractivity contribution < 1.29 is 24.2 Å². The van der Waals surface area contributed by atoms with E-state index in [1.54, 1.807) is 41.3 Å². The molecule has 1 aromatic carbocycles. The maximum atomic E-state index is 13.0. The Morgan fingerprint density at radius 1 is 1.14 bits per heavy atom. The van der Waals surface area contributed by atoms with Crippen LogP contribution in [-0.2, 0) is 0 Å². The Morgan fingerprint density at radius 2 is 1.89 bits per heavy atom. The lowest BCUT2D eigenvalue weighted by molar-refractivity contribution is 0.0773. The molecule has 1 fully saturated rings. The van der Waals surface area contributed by atoms with Crippen LogP contribution in [-0.4, -0.2) is 66.8 Å². The number of hydrogen-bond donors (Lipinski definition) is 2. The van der Waals surface area contributed by atoms with Gasteiger partial charge >= 0.3 is 0 Å². The second kappa shape index (κ2) is 8.71. The van der Waals surface area contributed by atoms with Crippen LogP contribution < -0.4 is 14.8 Å². The minimum atomic E-state index is -0.348. The zero-order chi connectivity index (χ0) is 20.1. The second-order valence-electron chi connectivity index (χ2n) is 6.51. The molecular weight excluding hydrogens is 362 g/mol.